The minimum atomic E-state index is -0.455. The van der Waals surface area contributed by atoms with E-state index in [0.29, 0.717) is 28.1 Å². The summed E-state index contributed by atoms with van der Waals surface area (Å²) in [7, 11) is 0. The second-order valence-corrected chi connectivity index (χ2v) is 8.02. The lowest BCUT2D eigenvalue weighted by atomic mass is 10.1. The van der Waals surface area contributed by atoms with E-state index in [0.717, 1.165) is 4.90 Å². The van der Waals surface area contributed by atoms with Gasteiger partial charge in [0.1, 0.15) is 5.69 Å². The molecule has 0 unspecified atom stereocenters. The van der Waals surface area contributed by atoms with E-state index in [9.17, 15) is 24.5 Å². The van der Waals surface area contributed by atoms with Crippen LogP contribution in [-0.2, 0) is 13.1 Å². The zero-order valence-electron chi connectivity index (χ0n) is 18.7. The molecule has 5 rings (SSSR count). The normalized spacial score (nSPS) is 12.5. The molecule has 0 radical (unpaired) electrons. The highest BCUT2D eigenvalue weighted by atomic mass is 16.6. The highest BCUT2D eigenvalue weighted by Gasteiger charge is 2.36. The molecule has 0 bridgehead atoms. The maximum absolute atomic E-state index is 12.8. The van der Waals surface area contributed by atoms with Crippen LogP contribution in [-0.4, -0.2) is 37.6 Å². The molecular weight excluding hydrogens is 464 g/mol. The largest absolute Gasteiger partial charge is 0.346 e. The fourth-order valence-corrected chi connectivity index (χ4v) is 3.98. The Morgan fingerprint density at radius 3 is 2.36 bits per heavy atom. The van der Waals surface area contributed by atoms with Crippen LogP contribution in [0.2, 0.25) is 0 Å². The van der Waals surface area contributed by atoms with Crippen LogP contribution in [0.3, 0.4) is 0 Å². The molecule has 0 fully saturated rings. The number of nitrogens with zero attached hydrogens (tertiary/aromatic N) is 5. The average molecular weight is 482 g/mol. The molecule has 2 heterocycles. The number of carbonyl (C=O) groups is 3. The van der Waals surface area contributed by atoms with Crippen molar-refractivity contribution in [3.63, 3.8) is 0 Å². The van der Waals surface area contributed by atoms with Gasteiger partial charge in [0.05, 0.1) is 46.6 Å². The molecule has 1 N–H and O–H groups in total. The van der Waals surface area contributed by atoms with E-state index in [1.165, 1.54) is 16.8 Å². The van der Waals surface area contributed by atoms with Gasteiger partial charge >= 0.3 is 0 Å². The van der Waals surface area contributed by atoms with Gasteiger partial charge in [-0.1, -0.05) is 41.6 Å². The number of fused-ring (bicyclic) bond motifs is 1. The summed E-state index contributed by atoms with van der Waals surface area (Å²) in [6, 6.07) is 19.2. The minimum Gasteiger partial charge on any atom is -0.346 e. The molecule has 1 aliphatic rings. The van der Waals surface area contributed by atoms with Crippen LogP contribution in [0.25, 0.3) is 0 Å². The zero-order valence-corrected chi connectivity index (χ0v) is 18.7. The van der Waals surface area contributed by atoms with Crippen LogP contribution >= 0.6 is 0 Å². The van der Waals surface area contributed by atoms with Crippen LogP contribution < -0.4 is 10.2 Å². The quantitative estimate of drug-likeness (QED) is 0.243. The zero-order chi connectivity index (χ0) is 25.2. The van der Waals surface area contributed by atoms with Crippen molar-refractivity contribution in [1.29, 1.82) is 0 Å². The van der Waals surface area contributed by atoms with Crippen molar-refractivity contribution >= 4 is 29.1 Å². The summed E-state index contributed by atoms with van der Waals surface area (Å²) in [5.41, 5.74) is 2.12. The predicted octanol–water partition coefficient (Wildman–Crippen LogP) is 2.97. The van der Waals surface area contributed by atoms with Gasteiger partial charge in [-0.3, -0.25) is 24.5 Å². The standard InChI is InChI=1S/C25H18N6O5/c32-23(26-13-18-15-29(28-27-18)14-17-6-1-4-11-22(17)31(35)36)16-7-5-8-19(12-16)30-24(33)20-9-2-3-10-21(20)25(30)34/h1-12,15H,13-14H2,(H,26,32). The average Bonchev–Trinajstić information content (AvgIpc) is 3.44. The van der Waals surface area contributed by atoms with Gasteiger partial charge in [0, 0.05) is 11.6 Å². The van der Waals surface area contributed by atoms with Gasteiger partial charge in [-0.25, -0.2) is 9.58 Å². The summed E-state index contributed by atoms with van der Waals surface area (Å²) in [5, 5.41) is 21.9. The molecule has 0 saturated carbocycles. The van der Waals surface area contributed by atoms with Gasteiger partial charge in [0.2, 0.25) is 0 Å². The van der Waals surface area contributed by atoms with Gasteiger partial charge in [-0.05, 0) is 30.3 Å². The molecule has 4 aromatic rings. The Morgan fingerprint density at radius 2 is 1.64 bits per heavy atom. The Morgan fingerprint density at radius 1 is 0.944 bits per heavy atom. The number of aromatic nitrogens is 3. The Hall–Kier alpha value is -5.19. The molecular formula is C25H18N6O5. The number of anilines is 1. The lowest BCUT2D eigenvalue weighted by Crippen LogP contribution is -2.30. The number of hydrogen-bond donors (Lipinski definition) is 1. The van der Waals surface area contributed by atoms with Crippen molar-refractivity contribution in [3.05, 3.63) is 117 Å². The lowest BCUT2D eigenvalue weighted by Gasteiger charge is -2.15. The van der Waals surface area contributed by atoms with Crippen molar-refractivity contribution in [2.24, 2.45) is 0 Å². The molecule has 1 aromatic heterocycles. The summed E-state index contributed by atoms with van der Waals surface area (Å²) in [4.78, 5) is 50.0. The van der Waals surface area contributed by atoms with E-state index < -0.39 is 22.6 Å². The molecule has 0 saturated heterocycles. The first-order valence-corrected chi connectivity index (χ1v) is 10.9. The number of para-hydroxylation sites is 1. The molecule has 3 aromatic carbocycles. The molecule has 11 nitrogen and oxygen atoms in total. The fraction of sp³-hybridized carbons (Fsp3) is 0.0800. The highest BCUT2D eigenvalue weighted by molar-refractivity contribution is 6.34. The second kappa shape index (κ2) is 9.22. The number of carbonyl (C=O) groups excluding carboxylic acids is 3. The van der Waals surface area contributed by atoms with Gasteiger partial charge in [0.25, 0.3) is 23.4 Å². The third kappa shape index (κ3) is 4.20. The lowest BCUT2D eigenvalue weighted by molar-refractivity contribution is -0.385. The smallest absolute Gasteiger partial charge is 0.274 e. The first-order valence-electron chi connectivity index (χ1n) is 10.9. The summed E-state index contributed by atoms with van der Waals surface area (Å²) in [6.45, 7) is 0.216. The van der Waals surface area contributed by atoms with Crippen molar-refractivity contribution in [1.82, 2.24) is 20.3 Å². The van der Waals surface area contributed by atoms with E-state index in [1.54, 1.807) is 66.9 Å². The molecule has 0 atom stereocenters. The topological polar surface area (TPSA) is 140 Å². The van der Waals surface area contributed by atoms with Gasteiger partial charge in [0.15, 0.2) is 0 Å². The van der Waals surface area contributed by atoms with E-state index in [4.69, 9.17) is 0 Å². The van der Waals surface area contributed by atoms with Crippen LogP contribution in [0.5, 0.6) is 0 Å². The maximum Gasteiger partial charge on any atom is 0.274 e. The first kappa shape index (κ1) is 22.6. The Kier molecular flexibility index (Phi) is 5.79. The molecule has 0 spiro atoms. The van der Waals surface area contributed by atoms with Crippen molar-refractivity contribution in [3.8, 4) is 0 Å². The molecule has 0 aliphatic carbocycles. The SMILES string of the molecule is O=C(NCc1cn(Cc2ccccc2[N+](=O)[O-])nn1)c1cccc(N2C(=O)c3ccccc3C2=O)c1. The minimum absolute atomic E-state index is 0.0132. The molecule has 36 heavy (non-hydrogen) atoms. The van der Waals surface area contributed by atoms with Crippen LogP contribution in [0, 0.1) is 10.1 Å². The first-order chi connectivity index (χ1) is 17.4. The van der Waals surface area contributed by atoms with Crippen LogP contribution in [0.15, 0.2) is 79.0 Å². The predicted molar refractivity (Wildman–Crippen MR) is 127 cm³/mol. The number of nitrogens with one attached hydrogen (secondary N) is 1. The third-order valence-corrected chi connectivity index (χ3v) is 5.70. The van der Waals surface area contributed by atoms with Crippen LogP contribution in [0.4, 0.5) is 11.4 Å². The van der Waals surface area contributed by atoms with E-state index in [2.05, 4.69) is 15.6 Å². The van der Waals surface area contributed by atoms with E-state index in [-0.39, 0.29) is 24.3 Å². The molecule has 3 amide bonds. The third-order valence-electron chi connectivity index (χ3n) is 5.70. The van der Waals surface area contributed by atoms with Crippen molar-refractivity contribution in [2.75, 3.05) is 4.90 Å². The van der Waals surface area contributed by atoms with Gasteiger partial charge < -0.3 is 5.32 Å². The highest BCUT2D eigenvalue weighted by Crippen LogP contribution is 2.28. The van der Waals surface area contributed by atoms with Crippen molar-refractivity contribution < 1.29 is 19.3 Å². The summed E-state index contributed by atoms with van der Waals surface area (Å²) in [6.07, 6.45) is 1.59. The summed E-state index contributed by atoms with van der Waals surface area (Å²) in [5.74, 6) is -1.31. The van der Waals surface area contributed by atoms with Crippen LogP contribution in [0.1, 0.15) is 42.3 Å². The van der Waals surface area contributed by atoms with E-state index in [1.807, 2.05) is 0 Å². The Labute approximate surface area is 204 Å². The number of hydrogen-bond acceptors (Lipinski definition) is 7. The number of nitro benzene ring substituents is 1. The Bertz CT molecular complexity index is 1490. The van der Waals surface area contributed by atoms with Crippen molar-refractivity contribution in [2.45, 2.75) is 13.1 Å². The number of imide groups is 1. The monoisotopic (exact) mass is 482 g/mol. The summed E-state index contributed by atoms with van der Waals surface area (Å²) < 4.78 is 1.45. The van der Waals surface area contributed by atoms with Gasteiger partial charge in [-0.15, -0.1) is 5.10 Å². The molecule has 178 valence electrons. The number of nitro groups is 1. The molecule has 1 aliphatic heterocycles. The maximum atomic E-state index is 12.8. The Balaban J connectivity index is 1.26. The molecule has 11 heteroatoms. The van der Waals surface area contributed by atoms with Gasteiger partial charge in [-0.2, -0.15) is 0 Å². The number of amides is 3. The fourth-order valence-electron chi connectivity index (χ4n) is 3.98. The second-order valence-electron chi connectivity index (χ2n) is 8.02. The number of benzene rings is 3. The number of rotatable bonds is 7. The summed E-state index contributed by atoms with van der Waals surface area (Å²) >= 11 is 0. The van der Waals surface area contributed by atoms with E-state index >= 15 is 0 Å².